The van der Waals surface area contributed by atoms with Gasteiger partial charge in [0.25, 0.3) is 5.91 Å². The van der Waals surface area contributed by atoms with Crippen LogP contribution in [0.4, 0.5) is 5.69 Å². The summed E-state index contributed by atoms with van der Waals surface area (Å²) in [5.41, 5.74) is 1.55. The Morgan fingerprint density at radius 1 is 1.19 bits per heavy atom. The van der Waals surface area contributed by atoms with Crippen LogP contribution in [0, 0.1) is 0 Å². The summed E-state index contributed by atoms with van der Waals surface area (Å²) in [6, 6.07) is 10.9. The van der Waals surface area contributed by atoms with Gasteiger partial charge in [-0.1, -0.05) is 23.7 Å². The molecule has 21 heavy (non-hydrogen) atoms. The molecule has 1 fully saturated rings. The summed E-state index contributed by atoms with van der Waals surface area (Å²) in [4.78, 5) is 20.8. The van der Waals surface area contributed by atoms with Crippen LogP contribution >= 0.6 is 23.4 Å². The summed E-state index contributed by atoms with van der Waals surface area (Å²) >= 11 is 7.34. The number of para-hydroxylation sites is 1. The number of pyridine rings is 1. The SMILES string of the molecule is O=C1NC(=Nc2ccccc2Cl)S/C1=C\c1ccncc1. The van der Waals surface area contributed by atoms with E-state index < -0.39 is 0 Å². The highest BCUT2D eigenvalue weighted by Gasteiger charge is 2.23. The van der Waals surface area contributed by atoms with Crippen molar-refractivity contribution in [3.8, 4) is 0 Å². The number of hydrogen-bond acceptors (Lipinski definition) is 4. The van der Waals surface area contributed by atoms with Gasteiger partial charge in [-0.05, 0) is 47.7 Å². The predicted molar refractivity (Wildman–Crippen MR) is 86.5 cm³/mol. The van der Waals surface area contributed by atoms with Gasteiger partial charge in [-0.15, -0.1) is 0 Å². The van der Waals surface area contributed by atoms with Gasteiger partial charge in [-0.3, -0.25) is 9.78 Å². The number of amides is 1. The van der Waals surface area contributed by atoms with E-state index in [0.717, 1.165) is 5.56 Å². The zero-order chi connectivity index (χ0) is 14.7. The quantitative estimate of drug-likeness (QED) is 0.861. The Morgan fingerprint density at radius 3 is 2.71 bits per heavy atom. The minimum absolute atomic E-state index is 0.164. The Bertz CT molecular complexity index is 744. The van der Waals surface area contributed by atoms with Crippen LogP contribution in [0.3, 0.4) is 0 Å². The van der Waals surface area contributed by atoms with Gasteiger partial charge in [0, 0.05) is 12.4 Å². The summed E-state index contributed by atoms with van der Waals surface area (Å²) in [6.45, 7) is 0. The minimum atomic E-state index is -0.164. The van der Waals surface area contributed by atoms with E-state index in [1.165, 1.54) is 11.8 Å². The fourth-order valence-corrected chi connectivity index (χ4v) is 2.76. The normalized spacial score (nSPS) is 18.2. The zero-order valence-corrected chi connectivity index (χ0v) is 12.4. The average molecular weight is 316 g/mol. The van der Waals surface area contributed by atoms with Crippen LogP contribution in [0.2, 0.25) is 5.02 Å². The molecule has 0 unspecified atom stereocenters. The fraction of sp³-hybridized carbons (Fsp3) is 0. The van der Waals surface area contributed by atoms with Gasteiger partial charge in [-0.25, -0.2) is 4.99 Å². The first-order valence-electron chi connectivity index (χ1n) is 6.16. The largest absolute Gasteiger partial charge is 0.300 e. The molecule has 0 bridgehead atoms. The Balaban J connectivity index is 1.85. The smallest absolute Gasteiger partial charge is 0.264 e. The summed E-state index contributed by atoms with van der Waals surface area (Å²) in [6.07, 6.45) is 5.17. The number of halogens is 1. The van der Waals surface area contributed by atoms with Crippen LogP contribution in [0.25, 0.3) is 6.08 Å². The summed E-state index contributed by atoms with van der Waals surface area (Å²) in [5, 5.41) is 3.80. The van der Waals surface area contributed by atoms with E-state index in [-0.39, 0.29) is 5.91 Å². The monoisotopic (exact) mass is 315 g/mol. The predicted octanol–water partition coefficient (Wildman–Crippen LogP) is 3.63. The standard InChI is InChI=1S/C15H10ClN3OS/c16-11-3-1-2-4-12(11)18-15-19-14(20)13(21-15)9-10-5-7-17-8-6-10/h1-9H,(H,18,19,20)/b13-9-. The van der Waals surface area contributed by atoms with Gasteiger partial charge in [0.05, 0.1) is 15.6 Å². The lowest BCUT2D eigenvalue weighted by molar-refractivity contribution is -0.115. The molecule has 0 radical (unpaired) electrons. The molecule has 1 aliphatic rings. The number of thioether (sulfide) groups is 1. The van der Waals surface area contributed by atoms with E-state index in [0.29, 0.717) is 20.8 Å². The highest BCUT2D eigenvalue weighted by Crippen LogP contribution is 2.30. The van der Waals surface area contributed by atoms with Gasteiger partial charge >= 0.3 is 0 Å². The van der Waals surface area contributed by atoms with Crippen LogP contribution < -0.4 is 5.32 Å². The third kappa shape index (κ3) is 3.32. The van der Waals surface area contributed by atoms with Gasteiger partial charge in [0.1, 0.15) is 0 Å². The number of hydrogen-bond donors (Lipinski definition) is 1. The van der Waals surface area contributed by atoms with Crippen LogP contribution in [0.15, 0.2) is 58.7 Å². The third-order valence-electron chi connectivity index (χ3n) is 2.73. The summed E-state index contributed by atoms with van der Waals surface area (Å²) < 4.78 is 0. The van der Waals surface area contributed by atoms with E-state index in [4.69, 9.17) is 11.6 Å². The van der Waals surface area contributed by atoms with Crippen molar-refractivity contribution in [2.45, 2.75) is 0 Å². The van der Waals surface area contributed by atoms with Crippen molar-refractivity contribution in [2.75, 3.05) is 0 Å². The molecule has 104 valence electrons. The van der Waals surface area contributed by atoms with Crippen LogP contribution in [-0.2, 0) is 4.79 Å². The number of aliphatic imine (C=N–C) groups is 1. The molecular formula is C15H10ClN3OS. The van der Waals surface area contributed by atoms with E-state index in [2.05, 4.69) is 15.3 Å². The van der Waals surface area contributed by atoms with E-state index in [1.54, 1.807) is 30.6 Å². The van der Waals surface area contributed by atoms with Gasteiger partial charge in [0.2, 0.25) is 0 Å². The van der Waals surface area contributed by atoms with E-state index in [1.807, 2.05) is 24.3 Å². The molecule has 0 saturated carbocycles. The first kappa shape index (κ1) is 13.9. The maximum absolute atomic E-state index is 11.9. The zero-order valence-electron chi connectivity index (χ0n) is 10.8. The molecule has 1 aromatic carbocycles. The highest BCUT2D eigenvalue weighted by molar-refractivity contribution is 8.18. The molecule has 2 aromatic rings. The number of rotatable bonds is 2. The third-order valence-corrected chi connectivity index (χ3v) is 3.96. The Kier molecular flexibility index (Phi) is 4.03. The molecule has 0 atom stereocenters. The Labute approximate surface area is 131 Å². The second-order valence-electron chi connectivity index (χ2n) is 4.21. The van der Waals surface area contributed by atoms with E-state index in [9.17, 15) is 4.79 Å². The van der Waals surface area contributed by atoms with Crippen molar-refractivity contribution in [3.05, 3.63) is 64.3 Å². The molecular weight excluding hydrogens is 306 g/mol. The molecule has 1 amide bonds. The van der Waals surface area contributed by atoms with Gasteiger partial charge in [0.15, 0.2) is 5.17 Å². The minimum Gasteiger partial charge on any atom is -0.300 e. The lowest BCUT2D eigenvalue weighted by atomic mass is 10.2. The topological polar surface area (TPSA) is 54.4 Å². The highest BCUT2D eigenvalue weighted by atomic mass is 35.5. The number of benzene rings is 1. The Morgan fingerprint density at radius 2 is 1.95 bits per heavy atom. The van der Waals surface area contributed by atoms with Crippen molar-refractivity contribution < 1.29 is 4.79 Å². The number of nitrogens with zero attached hydrogens (tertiary/aromatic N) is 2. The van der Waals surface area contributed by atoms with Gasteiger partial charge < -0.3 is 5.32 Å². The average Bonchev–Trinajstić information content (AvgIpc) is 2.82. The second-order valence-corrected chi connectivity index (χ2v) is 5.65. The number of nitrogens with one attached hydrogen (secondary N) is 1. The molecule has 1 N–H and O–H groups in total. The molecule has 4 nitrogen and oxygen atoms in total. The van der Waals surface area contributed by atoms with E-state index >= 15 is 0 Å². The van der Waals surface area contributed by atoms with Gasteiger partial charge in [-0.2, -0.15) is 0 Å². The van der Waals surface area contributed by atoms with Crippen molar-refractivity contribution >= 4 is 46.2 Å². The van der Waals surface area contributed by atoms with Crippen molar-refractivity contribution in [3.63, 3.8) is 0 Å². The van der Waals surface area contributed by atoms with Crippen LogP contribution in [0.1, 0.15) is 5.56 Å². The summed E-state index contributed by atoms with van der Waals surface area (Å²) in [5.74, 6) is -0.164. The number of carbonyl (C=O) groups excluding carboxylic acids is 1. The van der Waals surface area contributed by atoms with Crippen molar-refractivity contribution in [1.82, 2.24) is 10.3 Å². The first-order valence-corrected chi connectivity index (χ1v) is 7.36. The maximum Gasteiger partial charge on any atom is 0.264 e. The number of carbonyl (C=O) groups is 1. The first-order chi connectivity index (χ1) is 10.2. The molecule has 1 aromatic heterocycles. The van der Waals surface area contributed by atoms with Crippen molar-refractivity contribution in [2.24, 2.45) is 4.99 Å². The number of aromatic nitrogens is 1. The summed E-state index contributed by atoms with van der Waals surface area (Å²) in [7, 11) is 0. The molecule has 0 spiro atoms. The molecule has 6 heteroatoms. The molecule has 2 heterocycles. The maximum atomic E-state index is 11.9. The lowest BCUT2D eigenvalue weighted by Gasteiger charge is -1.98. The molecule has 3 rings (SSSR count). The lowest BCUT2D eigenvalue weighted by Crippen LogP contribution is -2.19. The molecule has 0 aliphatic carbocycles. The van der Waals surface area contributed by atoms with Crippen LogP contribution in [-0.4, -0.2) is 16.1 Å². The van der Waals surface area contributed by atoms with Crippen molar-refractivity contribution in [1.29, 1.82) is 0 Å². The Hall–Kier alpha value is -2.11. The molecule has 1 aliphatic heterocycles. The fourth-order valence-electron chi connectivity index (χ4n) is 1.74. The van der Waals surface area contributed by atoms with Crippen LogP contribution in [0.5, 0.6) is 0 Å². The number of amidine groups is 1. The molecule has 1 saturated heterocycles. The second kappa shape index (κ2) is 6.11.